The summed E-state index contributed by atoms with van der Waals surface area (Å²) in [5, 5.41) is 2.95. The van der Waals surface area contributed by atoms with Crippen molar-refractivity contribution in [3.05, 3.63) is 28.5 Å². The van der Waals surface area contributed by atoms with Gasteiger partial charge >= 0.3 is 0 Å². The van der Waals surface area contributed by atoms with Crippen LogP contribution in [0.3, 0.4) is 0 Å². The van der Waals surface area contributed by atoms with Gasteiger partial charge in [-0.25, -0.2) is 4.39 Å². The van der Waals surface area contributed by atoms with Gasteiger partial charge in [0.25, 0.3) is 0 Å². The molecule has 80 valence electrons. The topological polar surface area (TPSA) is 38.0 Å². The highest BCUT2D eigenvalue weighted by atomic mass is 35.5. The van der Waals surface area contributed by atoms with Crippen LogP contribution in [-0.4, -0.2) is 13.6 Å². The summed E-state index contributed by atoms with van der Waals surface area (Å²) in [6.07, 6.45) is 0.693. The van der Waals surface area contributed by atoms with Gasteiger partial charge in [0.15, 0.2) is 5.82 Å². The second-order valence-corrected chi connectivity index (χ2v) is 3.36. The number of benzene rings is 1. The van der Waals surface area contributed by atoms with Crippen LogP contribution in [0, 0.1) is 17.7 Å². The molecular formula is C11H12ClFN2. The summed E-state index contributed by atoms with van der Waals surface area (Å²) >= 11 is 5.74. The van der Waals surface area contributed by atoms with E-state index in [-0.39, 0.29) is 10.7 Å². The molecule has 0 aromatic heterocycles. The minimum Gasteiger partial charge on any atom is -0.396 e. The second kappa shape index (κ2) is 5.59. The van der Waals surface area contributed by atoms with Crippen LogP contribution < -0.4 is 11.1 Å². The predicted molar refractivity (Wildman–Crippen MR) is 61.2 cm³/mol. The first-order valence-electron chi connectivity index (χ1n) is 4.53. The summed E-state index contributed by atoms with van der Waals surface area (Å²) in [6, 6.07) is 3.08. The lowest BCUT2D eigenvalue weighted by molar-refractivity contribution is 0.632. The van der Waals surface area contributed by atoms with Gasteiger partial charge < -0.3 is 11.1 Å². The lowest BCUT2D eigenvalue weighted by Gasteiger charge is -2.00. The quantitative estimate of drug-likeness (QED) is 0.460. The van der Waals surface area contributed by atoms with E-state index in [0.717, 1.165) is 6.54 Å². The average molecular weight is 227 g/mol. The highest BCUT2D eigenvalue weighted by molar-refractivity contribution is 6.32. The van der Waals surface area contributed by atoms with E-state index in [0.29, 0.717) is 12.0 Å². The number of nitrogens with two attached hydrogens (primary N) is 1. The normalized spacial score (nSPS) is 9.53. The highest BCUT2D eigenvalue weighted by Crippen LogP contribution is 2.23. The third kappa shape index (κ3) is 3.12. The molecule has 1 aromatic carbocycles. The third-order valence-corrected chi connectivity index (χ3v) is 2.20. The summed E-state index contributed by atoms with van der Waals surface area (Å²) in [5.41, 5.74) is 5.86. The molecule has 1 rings (SSSR count). The van der Waals surface area contributed by atoms with E-state index >= 15 is 0 Å². The lowest BCUT2D eigenvalue weighted by Crippen LogP contribution is -2.05. The first kappa shape index (κ1) is 11.8. The number of rotatable bonds is 2. The first-order valence-corrected chi connectivity index (χ1v) is 4.91. The molecule has 0 aliphatic carbocycles. The molecule has 1 aromatic rings. The van der Waals surface area contributed by atoms with Crippen molar-refractivity contribution in [1.29, 1.82) is 0 Å². The zero-order valence-electron chi connectivity index (χ0n) is 8.40. The van der Waals surface area contributed by atoms with Crippen LogP contribution in [0.4, 0.5) is 10.1 Å². The Kier molecular flexibility index (Phi) is 4.41. The van der Waals surface area contributed by atoms with E-state index in [4.69, 9.17) is 17.3 Å². The Bertz CT molecular complexity index is 407. The van der Waals surface area contributed by atoms with Crippen LogP contribution in [0.1, 0.15) is 12.0 Å². The smallest absolute Gasteiger partial charge is 0.165 e. The van der Waals surface area contributed by atoms with Crippen molar-refractivity contribution in [1.82, 2.24) is 5.32 Å². The van der Waals surface area contributed by atoms with Crippen molar-refractivity contribution in [3.63, 3.8) is 0 Å². The number of anilines is 1. The number of hydrogen-bond acceptors (Lipinski definition) is 2. The Morgan fingerprint density at radius 3 is 2.93 bits per heavy atom. The zero-order chi connectivity index (χ0) is 11.3. The minimum atomic E-state index is -0.600. The molecule has 0 aliphatic rings. The van der Waals surface area contributed by atoms with Gasteiger partial charge in [0, 0.05) is 18.5 Å². The van der Waals surface area contributed by atoms with E-state index in [1.54, 1.807) is 6.07 Å². The average Bonchev–Trinajstić information content (AvgIpc) is 2.24. The van der Waals surface area contributed by atoms with Crippen molar-refractivity contribution in [2.45, 2.75) is 6.42 Å². The van der Waals surface area contributed by atoms with Gasteiger partial charge in [-0.2, -0.15) is 0 Å². The molecule has 0 aliphatic heterocycles. The van der Waals surface area contributed by atoms with Crippen LogP contribution in [-0.2, 0) is 0 Å². The molecule has 0 saturated heterocycles. The highest BCUT2D eigenvalue weighted by Gasteiger charge is 2.07. The van der Waals surface area contributed by atoms with Crippen molar-refractivity contribution in [2.75, 3.05) is 19.3 Å². The second-order valence-electron chi connectivity index (χ2n) is 2.99. The monoisotopic (exact) mass is 226 g/mol. The molecule has 0 fully saturated rings. The fourth-order valence-corrected chi connectivity index (χ4v) is 1.23. The molecule has 2 nitrogen and oxygen atoms in total. The Hall–Kier alpha value is -1.24. The Labute approximate surface area is 93.6 Å². The van der Waals surface area contributed by atoms with E-state index < -0.39 is 5.82 Å². The molecule has 0 saturated carbocycles. The van der Waals surface area contributed by atoms with Crippen LogP contribution in [0.2, 0.25) is 5.02 Å². The van der Waals surface area contributed by atoms with Gasteiger partial charge in [-0.3, -0.25) is 0 Å². The SMILES string of the molecule is CNCCC#Cc1ccc(N)c(F)c1Cl. The van der Waals surface area contributed by atoms with E-state index in [2.05, 4.69) is 17.2 Å². The van der Waals surface area contributed by atoms with E-state index in [9.17, 15) is 4.39 Å². The molecule has 0 amide bonds. The zero-order valence-corrected chi connectivity index (χ0v) is 9.16. The van der Waals surface area contributed by atoms with Gasteiger partial charge in [-0.15, -0.1) is 0 Å². The van der Waals surface area contributed by atoms with Gasteiger partial charge in [0.1, 0.15) is 0 Å². The van der Waals surface area contributed by atoms with Crippen molar-refractivity contribution in [3.8, 4) is 11.8 Å². The third-order valence-electron chi connectivity index (χ3n) is 1.84. The van der Waals surface area contributed by atoms with Gasteiger partial charge in [-0.05, 0) is 19.2 Å². The standard InChI is InChI=1S/C11H12ClFN2/c1-15-7-3-2-4-8-5-6-9(14)11(13)10(8)12/h5-6,15H,3,7,14H2,1H3. The van der Waals surface area contributed by atoms with Crippen molar-refractivity contribution in [2.24, 2.45) is 0 Å². The number of nitrogen functional groups attached to an aromatic ring is 1. The summed E-state index contributed by atoms with van der Waals surface area (Å²) in [7, 11) is 1.84. The molecule has 3 N–H and O–H groups in total. The molecular weight excluding hydrogens is 215 g/mol. The number of hydrogen-bond donors (Lipinski definition) is 2. The largest absolute Gasteiger partial charge is 0.396 e. The van der Waals surface area contributed by atoms with E-state index in [1.165, 1.54) is 6.07 Å². The van der Waals surface area contributed by atoms with Gasteiger partial charge in [0.05, 0.1) is 10.7 Å². The molecule has 0 heterocycles. The van der Waals surface area contributed by atoms with Crippen molar-refractivity contribution < 1.29 is 4.39 Å². The maximum Gasteiger partial charge on any atom is 0.165 e. The maximum absolute atomic E-state index is 13.2. The molecule has 0 radical (unpaired) electrons. The van der Waals surface area contributed by atoms with Crippen LogP contribution in [0.5, 0.6) is 0 Å². The molecule has 0 bridgehead atoms. The summed E-state index contributed by atoms with van der Waals surface area (Å²) < 4.78 is 13.2. The molecule has 4 heteroatoms. The van der Waals surface area contributed by atoms with Crippen molar-refractivity contribution >= 4 is 17.3 Å². The van der Waals surface area contributed by atoms with E-state index in [1.807, 2.05) is 7.05 Å². The Morgan fingerprint density at radius 2 is 2.27 bits per heavy atom. The summed E-state index contributed by atoms with van der Waals surface area (Å²) in [4.78, 5) is 0. The first-order chi connectivity index (χ1) is 7.16. The lowest BCUT2D eigenvalue weighted by atomic mass is 10.2. The predicted octanol–water partition coefficient (Wildman–Crippen LogP) is 2.02. The van der Waals surface area contributed by atoms with Gasteiger partial charge in [-0.1, -0.05) is 23.4 Å². The molecule has 0 spiro atoms. The fraction of sp³-hybridized carbons (Fsp3) is 0.273. The van der Waals surface area contributed by atoms with Crippen LogP contribution in [0.25, 0.3) is 0 Å². The molecule has 0 unspecified atom stereocenters. The fourth-order valence-electron chi connectivity index (χ4n) is 1.01. The maximum atomic E-state index is 13.2. The Balaban J connectivity index is 2.85. The van der Waals surface area contributed by atoms with Crippen LogP contribution >= 0.6 is 11.6 Å². The summed E-state index contributed by atoms with van der Waals surface area (Å²) in [5.74, 6) is 5.08. The molecule has 0 atom stereocenters. The minimum absolute atomic E-state index is 0.00745. The Morgan fingerprint density at radius 1 is 1.53 bits per heavy atom. The van der Waals surface area contributed by atoms with Gasteiger partial charge in [0.2, 0.25) is 0 Å². The summed E-state index contributed by atoms with van der Waals surface area (Å²) in [6.45, 7) is 0.794. The number of nitrogens with one attached hydrogen (secondary N) is 1. The molecule has 15 heavy (non-hydrogen) atoms. The number of halogens is 2. The van der Waals surface area contributed by atoms with Crippen LogP contribution in [0.15, 0.2) is 12.1 Å².